The summed E-state index contributed by atoms with van der Waals surface area (Å²) in [5.41, 5.74) is 1.61. The molecule has 1 atom stereocenters. The number of carbonyl (C=O) groups is 2. The Morgan fingerprint density at radius 1 is 1.41 bits per heavy atom. The first-order valence-electron chi connectivity index (χ1n) is 9.27. The molecule has 6 heteroatoms. The number of carbonyl (C=O) groups excluding carboxylic acids is 2. The molecule has 0 aromatic heterocycles. The normalized spacial score (nSPS) is 20.3. The van der Waals surface area contributed by atoms with Crippen molar-refractivity contribution in [2.45, 2.75) is 46.0 Å². The molecule has 1 heterocycles. The quantitative estimate of drug-likeness (QED) is 0.318. The first-order valence-corrected chi connectivity index (χ1v) is 10.3. The van der Waals surface area contributed by atoms with Crippen LogP contribution in [0.25, 0.3) is 3.58 Å². The van der Waals surface area contributed by atoms with Gasteiger partial charge < -0.3 is 9.64 Å². The highest BCUT2D eigenvalue weighted by Crippen LogP contribution is 2.42. The van der Waals surface area contributed by atoms with Gasteiger partial charge in [0.15, 0.2) is 0 Å². The van der Waals surface area contributed by atoms with Gasteiger partial charge in [-0.05, 0) is 60.3 Å². The molecule has 2 rings (SSSR count). The third-order valence-electron chi connectivity index (χ3n) is 5.16. The molecule has 0 radical (unpaired) electrons. The maximum atomic E-state index is 12.7. The third-order valence-corrected chi connectivity index (χ3v) is 6.06. The Hall–Kier alpha value is -1.88. The van der Waals surface area contributed by atoms with Gasteiger partial charge in [0.2, 0.25) is 5.91 Å². The summed E-state index contributed by atoms with van der Waals surface area (Å²) >= 11 is 2.11. The fourth-order valence-corrected chi connectivity index (χ4v) is 4.21. The minimum Gasteiger partial charge on any atom is -0.463 e. The molecular formula is C21H25IN2O3. The predicted octanol–water partition coefficient (Wildman–Crippen LogP) is 4.85. The maximum Gasteiger partial charge on any atom is 0.331 e. The van der Waals surface area contributed by atoms with E-state index in [9.17, 15) is 9.59 Å². The Labute approximate surface area is 174 Å². The number of nitriles is 1. The molecule has 0 bridgehead atoms. The van der Waals surface area contributed by atoms with Crippen LogP contribution in [0.5, 0.6) is 0 Å². The zero-order chi connectivity index (χ0) is 19.9. The number of esters is 1. The third kappa shape index (κ3) is 5.32. The number of nitrogens with zero attached hydrogens (tertiary/aromatic N) is 2. The van der Waals surface area contributed by atoms with E-state index in [-0.39, 0.29) is 11.3 Å². The van der Waals surface area contributed by atoms with Crippen molar-refractivity contribution in [2.24, 2.45) is 5.41 Å². The Kier molecular flexibility index (Phi) is 7.84. The molecule has 1 amide bonds. The number of rotatable bonds is 7. The SMILES string of the molecule is CCOC(=O)/C=C(/I)c1ccccc1N1CC(CC)(CCC#N)CCC1=O. The van der Waals surface area contributed by atoms with Crippen LogP contribution in [-0.4, -0.2) is 25.0 Å². The van der Waals surface area contributed by atoms with Crippen LogP contribution in [0.4, 0.5) is 5.69 Å². The molecule has 5 nitrogen and oxygen atoms in total. The molecular weight excluding hydrogens is 455 g/mol. The Balaban J connectivity index is 2.37. The van der Waals surface area contributed by atoms with Gasteiger partial charge in [-0.2, -0.15) is 5.26 Å². The van der Waals surface area contributed by atoms with E-state index in [1.165, 1.54) is 6.08 Å². The number of hydrogen-bond acceptors (Lipinski definition) is 4. The zero-order valence-electron chi connectivity index (χ0n) is 15.8. The lowest BCUT2D eigenvalue weighted by atomic mass is 9.74. The molecule has 1 fully saturated rings. The lowest BCUT2D eigenvalue weighted by molar-refractivity contribution is -0.137. The smallest absolute Gasteiger partial charge is 0.331 e. The summed E-state index contributed by atoms with van der Waals surface area (Å²) in [6.45, 7) is 4.82. The van der Waals surface area contributed by atoms with E-state index in [1.54, 1.807) is 6.92 Å². The van der Waals surface area contributed by atoms with Crippen molar-refractivity contribution in [1.82, 2.24) is 0 Å². The number of halogens is 1. The van der Waals surface area contributed by atoms with E-state index in [4.69, 9.17) is 10.00 Å². The molecule has 0 aliphatic carbocycles. The molecule has 1 unspecified atom stereocenters. The molecule has 0 saturated carbocycles. The fourth-order valence-electron chi connectivity index (χ4n) is 3.50. The van der Waals surface area contributed by atoms with Crippen LogP contribution >= 0.6 is 22.6 Å². The van der Waals surface area contributed by atoms with Gasteiger partial charge >= 0.3 is 5.97 Å². The van der Waals surface area contributed by atoms with Crippen molar-refractivity contribution in [1.29, 1.82) is 5.26 Å². The molecule has 1 saturated heterocycles. The van der Waals surface area contributed by atoms with Crippen molar-refractivity contribution in [3.05, 3.63) is 35.9 Å². The first kappa shape index (κ1) is 21.4. The second kappa shape index (κ2) is 9.88. The van der Waals surface area contributed by atoms with E-state index in [0.29, 0.717) is 26.0 Å². The number of piperidine rings is 1. The van der Waals surface area contributed by atoms with Crippen molar-refractivity contribution in [2.75, 3.05) is 18.1 Å². The van der Waals surface area contributed by atoms with Crippen molar-refractivity contribution >= 4 is 43.7 Å². The Morgan fingerprint density at radius 2 is 2.15 bits per heavy atom. The average Bonchev–Trinajstić information content (AvgIpc) is 2.68. The summed E-state index contributed by atoms with van der Waals surface area (Å²) in [6.07, 6.45) is 4.97. The first-order chi connectivity index (χ1) is 13.0. The van der Waals surface area contributed by atoms with Gasteiger partial charge in [-0.25, -0.2) is 4.79 Å². The largest absolute Gasteiger partial charge is 0.463 e. The van der Waals surface area contributed by atoms with Gasteiger partial charge in [0.1, 0.15) is 0 Å². The van der Waals surface area contributed by atoms with E-state index in [1.807, 2.05) is 29.2 Å². The minimum atomic E-state index is -0.390. The lowest BCUT2D eigenvalue weighted by Crippen LogP contribution is -2.46. The zero-order valence-corrected chi connectivity index (χ0v) is 18.0. The predicted molar refractivity (Wildman–Crippen MR) is 114 cm³/mol. The van der Waals surface area contributed by atoms with Crippen LogP contribution in [-0.2, 0) is 14.3 Å². The topological polar surface area (TPSA) is 70.4 Å². The molecule has 1 aliphatic heterocycles. The molecule has 1 aliphatic rings. The van der Waals surface area contributed by atoms with Crippen LogP contribution < -0.4 is 4.90 Å². The fraction of sp³-hybridized carbons (Fsp3) is 0.476. The Bertz CT molecular complexity index is 769. The minimum absolute atomic E-state index is 0.0347. The number of ether oxygens (including phenoxy) is 1. The lowest BCUT2D eigenvalue weighted by Gasteiger charge is -2.42. The van der Waals surface area contributed by atoms with Crippen LogP contribution in [0.1, 0.15) is 51.5 Å². The van der Waals surface area contributed by atoms with Gasteiger partial charge in [0.25, 0.3) is 0 Å². The maximum absolute atomic E-state index is 12.7. The van der Waals surface area contributed by atoms with Crippen LogP contribution in [0, 0.1) is 16.7 Å². The molecule has 144 valence electrons. The second-order valence-corrected chi connectivity index (χ2v) is 7.92. The number of anilines is 1. The standard InChI is InChI=1S/C21H25IN2O3/c1-3-21(11-7-13-23)12-10-19(25)24(15-21)18-9-6-5-8-16(18)17(22)14-20(26)27-4-2/h5-6,8-9,14H,3-4,7,10-12,15H2,1-2H3/b17-14+. The number of benzene rings is 1. The van der Waals surface area contributed by atoms with Gasteiger partial charge in [0.05, 0.1) is 18.4 Å². The Morgan fingerprint density at radius 3 is 2.81 bits per heavy atom. The average molecular weight is 480 g/mol. The number of para-hydroxylation sites is 1. The van der Waals surface area contributed by atoms with Crippen LogP contribution in [0.3, 0.4) is 0 Å². The summed E-state index contributed by atoms with van der Waals surface area (Å²) in [6, 6.07) is 9.87. The van der Waals surface area contributed by atoms with Gasteiger partial charge in [-0.3, -0.25) is 4.79 Å². The molecule has 27 heavy (non-hydrogen) atoms. The van der Waals surface area contributed by atoms with Crippen molar-refractivity contribution in [3.8, 4) is 6.07 Å². The van der Waals surface area contributed by atoms with E-state index in [0.717, 1.165) is 34.1 Å². The number of hydrogen-bond donors (Lipinski definition) is 0. The van der Waals surface area contributed by atoms with Gasteiger partial charge in [-0.15, -0.1) is 0 Å². The summed E-state index contributed by atoms with van der Waals surface area (Å²) in [7, 11) is 0. The summed E-state index contributed by atoms with van der Waals surface area (Å²) < 4.78 is 5.74. The van der Waals surface area contributed by atoms with Crippen molar-refractivity contribution < 1.29 is 14.3 Å². The highest BCUT2D eigenvalue weighted by atomic mass is 127. The highest BCUT2D eigenvalue weighted by Gasteiger charge is 2.38. The summed E-state index contributed by atoms with van der Waals surface area (Å²) in [5.74, 6) is -0.303. The van der Waals surface area contributed by atoms with Crippen molar-refractivity contribution in [3.63, 3.8) is 0 Å². The van der Waals surface area contributed by atoms with Gasteiger partial charge in [0, 0.05) is 34.6 Å². The molecule has 1 aromatic carbocycles. The van der Waals surface area contributed by atoms with E-state index < -0.39 is 5.97 Å². The molecule has 0 spiro atoms. The molecule has 0 N–H and O–H groups in total. The second-order valence-electron chi connectivity index (χ2n) is 6.75. The number of amides is 1. The summed E-state index contributed by atoms with van der Waals surface area (Å²) in [5, 5.41) is 9.00. The molecule has 1 aromatic rings. The highest BCUT2D eigenvalue weighted by molar-refractivity contribution is 14.1. The van der Waals surface area contributed by atoms with E-state index in [2.05, 4.69) is 35.6 Å². The monoisotopic (exact) mass is 480 g/mol. The van der Waals surface area contributed by atoms with Gasteiger partial charge in [-0.1, -0.05) is 25.1 Å². The summed E-state index contributed by atoms with van der Waals surface area (Å²) in [4.78, 5) is 26.4. The van der Waals surface area contributed by atoms with Crippen LogP contribution in [0.15, 0.2) is 30.3 Å². The van der Waals surface area contributed by atoms with E-state index >= 15 is 0 Å². The van der Waals surface area contributed by atoms with Crippen LogP contribution in [0.2, 0.25) is 0 Å².